The number of aryl methyl sites for hydroxylation is 1. The number of hydrogen-bond acceptors (Lipinski definition) is 7. The Bertz CT molecular complexity index is 1040. The summed E-state index contributed by atoms with van der Waals surface area (Å²) in [6, 6.07) is 5.39. The molecule has 1 aromatic carbocycles. The summed E-state index contributed by atoms with van der Waals surface area (Å²) in [5.74, 6) is -0.403. The van der Waals surface area contributed by atoms with Crippen LogP contribution in [0.1, 0.15) is 13.8 Å². The molecule has 0 radical (unpaired) electrons. The van der Waals surface area contributed by atoms with Gasteiger partial charge in [-0.25, -0.2) is 8.42 Å². The molecule has 2 aromatic heterocycles. The van der Waals surface area contributed by atoms with Gasteiger partial charge in [-0.2, -0.15) is 18.6 Å². The molecule has 2 N–H and O–H groups in total. The number of sulfonamides is 1. The standard InChI is InChI=1S/C15H18N6O3S2/c1-9(2)13(15(22)16-12-7-8-21(3)17-12)20-26(23,24)11-6-4-5-10-14(11)19-25-18-10/h4-9,13,20H,1-3H3,(H,16,17,22)/t13-/m0/s1. The summed E-state index contributed by atoms with van der Waals surface area (Å²) in [5, 5.41) is 6.70. The van der Waals surface area contributed by atoms with Crippen LogP contribution in [0.2, 0.25) is 0 Å². The fourth-order valence-electron chi connectivity index (χ4n) is 2.41. The van der Waals surface area contributed by atoms with Crippen LogP contribution in [-0.2, 0) is 21.9 Å². The minimum absolute atomic E-state index is 0.0000334. The number of rotatable bonds is 6. The average molecular weight is 394 g/mol. The summed E-state index contributed by atoms with van der Waals surface area (Å²) in [6.07, 6.45) is 1.68. The molecular formula is C15H18N6O3S2. The highest BCUT2D eigenvalue weighted by molar-refractivity contribution is 7.89. The van der Waals surface area contributed by atoms with E-state index in [9.17, 15) is 13.2 Å². The van der Waals surface area contributed by atoms with Crippen LogP contribution in [0.3, 0.4) is 0 Å². The summed E-state index contributed by atoms with van der Waals surface area (Å²) in [4.78, 5) is 12.6. The molecule has 0 aliphatic heterocycles. The highest BCUT2D eigenvalue weighted by atomic mass is 32.2. The third kappa shape index (κ3) is 3.74. The van der Waals surface area contributed by atoms with Crippen LogP contribution in [0, 0.1) is 5.92 Å². The van der Waals surface area contributed by atoms with E-state index in [0.717, 1.165) is 11.7 Å². The van der Waals surface area contributed by atoms with E-state index in [-0.39, 0.29) is 16.3 Å². The van der Waals surface area contributed by atoms with Crippen molar-refractivity contribution < 1.29 is 13.2 Å². The molecule has 0 aliphatic carbocycles. The third-order valence-electron chi connectivity index (χ3n) is 3.73. The van der Waals surface area contributed by atoms with Gasteiger partial charge < -0.3 is 5.32 Å². The van der Waals surface area contributed by atoms with E-state index in [0.29, 0.717) is 11.3 Å². The normalized spacial score (nSPS) is 13.2. The van der Waals surface area contributed by atoms with Gasteiger partial charge in [-0.3, -0.25) is 9.48 Å². The number of amides is 1. The van der Waals surface area contributed by atoms with E-state index in [4.69, 9.17) is 0 Å². The lowest BCUT2D eigenvalue weighted by Gasteiger charge is -2.21. The molecule has 0 bridgehead atoms. The lowest BCUT2D eigenvalue weighted by molar-refractivity contribution is -0.118. The molecular weight excluding hydrogens is 376 g/mol. The summed E-state index contributed by atoms with van der Waals surface area (Å²) in [6.45, 7) is 3.52. The maximum Gasteiger partial charge on any atom is 0.244 e. The minimum Gasteiger partial charge on any atom is -0.308 e. The van der Waals surface area contributed by atoms with E-state index in [1.807, 2.05) is 0 Å². The van der Waals surface area contributed by atoms with Gasteiger partial charge in [-0.05, 0) is 18.1 Å². The van der Waals surface area contributed by atoms with Gasteiger partial charge in [-0.15, -0.1) is 0 Å². The van der Waals surface area contributed by atoms with Crippen LogP contribution in [0.4, 0.5) is 5.82 Å². The van der Waals surface area contributed by atoms with Crippen molar-refractivity contribution in [1.82, 2.24) is 23.2 Å². The second-order valence-electron chi connectivity index (χ2n) is 6.09. The molecule has 3 rings (SSSR count). The number of anilines is 1. The largest absolute Gasteiger partial charge is 0.308 e. The molecule has 1 amide bonds. The molecule has 1 atom stereocenters. The zero-order chi connectivity index (χ0) is 18.9. The highest BCUT2D eigenvalue weighted by Gasteiger charge is 2.30. The summed E-state index contributed by atoms with van der Waals surface area (Å²) in [5.41, 5.74) is 0.787. The Hall–Kier alpha value is -2.37. The lowest BCUT2D eigenvalue weighted by Crippen LogP contribution is -2.47. The fourth-order valence-corrected chi connectivity index (χ4v) is 4.52. The van der Waals surface area contributed by atoms with E-state index in [1.54, 1.807) is 50.0 Å². The van der Waals surface area contributed by atoms with Crippen LogP contribution >= 0.6 is 11.7 Å². The topological polar surface area (TPSA) is 119 Å². The van der Waals surface area contributed by atoms with Gasteiger partial charge in [0.05, 0.1) is 11.7 Å². The van der Waals surface area contributed by atoms with Crippen molar-refractivity contribution >= 4 is 44.5 Å². The van der Waals surface area contributed by atoms with Crippen molar-refractivity contribution in [1.29, 1.82) is 0 Å². The Kier molecular flexibility index (Phi) is 5.03. The second kappa shape index (κ2) is 7.09. The predicted molar refractivity (Wildman–Crippen MR) is 98.2 cm³/mol. The quantitative estimate of drug-likeness (QED) is 0.652. The number of carbonyl (C=O) groups excluding carboxylic acids is 1. The number of nitrogens with zero attached hydrogens (tertiary/aromatic N) is 4. The first-order valence-electron chi connectivity index (χ1n) is 7.82. The number of fused-ring (bicyclic) bond motifs is 1. The monoisotopic (exact) mass is 394 g/mol. The molecule has 26 heavy (non-hydrogen) atoms. The molecule has 0 saturated heterocycles. The SMILES string of the molecule is CC(C)[C@H](NS(=O)(=O)c1cccc2nsnc12)C(=O)Nc1ccn(C)n1. The van der Waals surface area contributed by atoms with E-state index < -0.39 is 22.0 Å². The summed E-state index contributed by atoms with van der Waals surface area (Å²) < 4.78 is 37.8. The Morgan fingerprint density at radius 1 is 1.23 bits per heavy atom. The zero-order valence-corrected chi connectivity index (χ0v) is 16.0. The average Bonchev–Trinajstić information content (AvgIpc) is 3.20. The molecule has 9 nitrogen and oxygen atoms in total. The minimum atomic E-state index is -3.97. The first kappa shape index (κ1) is 18.4. The van der Waals surface area contributed by atoms with Crippen molar-refractivity contribution in [2.45, 2.75) is 24.8 Å². The van der Waals surface area contributed by atoms with Crippen LogP contribution < -0.4 is 10.0 Å². The van der Waals surface area contributed by atoms with Gasteiger partial charge in [0.1, 0.15) is 22.0 Å². The van der Waals surface area contributed by atoms with Gasteiger partial charge in [-0.1, -0.05) is 19.9 Å². The molecule has 0 unspecified atom stereocenters. The van der Waals surface area contributed by atoms with Crippen molar-refractivity contribution in [2.75, 3.05) is 5.32 Å². The molecule has 2 heterocycles. The van der Waals surface area contributed by atoms with E-state index >= 15 is 0 Å². The molecule has 3 aromatic rings. The zero-order valence-electron chi connectivity index (χ0n) is 14.4. The van der Waals surface area contributed by atoms with Crippen LogP contribution in [0.15, 0.2) is 35.4 Å². The Labute approximate surface area is 154 Å². The molecule has 11 heteroatoms. The number of hydrogen-bond donors (Lipinski definition) is 2. The summed E-state index contributed by atoms with van der Waals surface area (Å²) in [7, 11) is -2.24. The van der Waals surface area contributed by atoms with Crippen LogP contribution in [0.5, 0.6) is 0 Å². The van der Waals surface area contributed by atoms with E-state index in [2.05, 4.69) is 23.9 Å². The van der Waals surface area contributed by atoms with Crippen molar-refractivity contribution in [3.8, 4) is 0 Å². The first-order chi connectivity index (χ1) is 12.3. The summed E-state index contributed by atoms with van der Waals surface area (Å²) >= 11 is 0.937. The smallest absolute Gasteiger partial charge is 0.244 e. The molecule has 0 spiro atoms. The fraction of sp³-hybridized carbons (Fsp3) is 0.333. The first-order valence-corrected chi connectivity index (χ1v) is 10.0. The van der Waals surface area contributed by atoms with Gasteiger partial charge in [0.15, 0.2) is 5.82 Å². The van der Waals surface area contributed by atoms with Gasteiger partial charge in [0.25, 0.3) is 0 Å². The highest BCUT2D eigenvalue weighted by Crippen LogP contribution is 2.22. The Morgan fingerprint density at radius 3 is 2.65 bits per heavy atom. The van der Waals surface area contributed by atoms with Crippen molar-refractivity contribution in [3.05, 3.63) is 30.5 Å². The van der Waals surface area contributed by atoms with Gasteiger partial charge in [0, 0.05) is 19.3 Å². The van der Waals surface area contributed by atoms with E-state index in [1.165, 1.54) is 6.07 Å². The number of nitrogens with one attached hydrogen (secondary N) is 2. The van der Waals surface area contributed by atoms with Crippen LogP contribution in [-0.4, -0.2) is 38.9 Å². The number of aromatic nitrogens is 4. The van der Waals surface area contributed by atoms with Gasteiger partial charge in [0.2, 0.25) is 15.9 Å². The molecule has 0 fully saturated rings. The Balaban J connectivity index is 1.87. The predicted octanol–water partition coefficient (Wildman–Crippen LogP) is 1.37. The Morgan fingerprint density at radius 2 is 2.00 bits per heavy atom. The van der Waals surface area contributed by atoms with Crippen molar-refractivity contribution in [2.24, 2.45) is 13.0 Å². The number of benzene rings is 1. The second-order valence-corrected chi connectivity index (χ2v) is 8.31. The third-order valence-corrected chi connectivity index (χ3v) is 5.75. The maximum absolute atomic E-state index is 12.8. The molecule has 138 valence electrons. The number of carbonyl (C=O) groups is 1. The lowest BCUT2D eigenvalue weighted by atomic mass is 10.1. The van der Waals surface area contributed by atoms with Crippen LogP contribution in [0.25, 0.3) is 11.0 Å². The van der Waals surface area contributed by atoms with Gasteiger partial charge >= 0.3 is 0 Å². The maximum atomic E-state index is 12.8. The van der Waals surface area contributed by atoms with Crippen molar-refractivity contribution in [3.63, 3.8) is 0 Å². The molecule has 0 saturated carbocycles. The molecule has 0 aliphatic rings.